The van der Waals surface area contributed by atoms with E-state index in [2.05, 4.69) is 21.8 Å². The lowest BCUT2D eigenvalue weighted by Gasteiger charge is -2.23. The van der Waals surface area contributed by atoms with Gasteiger partial charge in [-0.25, -0.2) is 13.1 Å². The first-order chi connectivity index (χ1) is 14.8. The van der Waals surface area contributed by atoms with Gasteiger partial charge in [-0.15, -0.1) is 0 Å². The summed E-state index contributed by atoms with van der Waals surface area (Å²) in [6.07, 6.45) is 2.45. The molecule has 0 bridgehead atoms. The van der Waals surface area contributed by atoms with Crippen LogP contribution in [0.4, 0.5) is 0 Å². The summed E-state index contributed by atoms with van der Waals surface area (Å²) < 4.78 is 27.9. The summed E-state index contributed by atoms with van der Waals surface area (Å²) in [5.74, 6) is -0.272. The second-order valence-electron chi connectivity index (χ2n) is 8.07. The van der Waals surface area contributed by atoms with Crippen molar-refractivity contribution in [2.75, 3.05) is 26.2 Å². The Morgan fingerprint density at radius 3 is 2.45 bits per heavy atom. The highest BCUT2D eigenvalue weighted by Gasteiger charge is 2.31. The first kappa shape index (κ1) is 22.6. The molecule has 6 nitrogen and oxygen atoms in total. The SMILES string of the molecule is O=C(c1cc(S(=O)(=O)NC2CC2)c(Cl)cc1Cl)N1CCCN(Cc2ccccc2)CC1. The fourth-order valence-electron chi connectivity index (χ4n) is 3.73. The molecule has 1 aliphatic carbocycles. The molecule has 0 aromatic heterocycles. The van der Waals surface area contributed by atoms with Gasteiger partial charge in [-0.05, 0) is 37.0 Å². The highest BCUT2D eigenvalue weighted by molar-refractivity contribution is 7.89. The number of nitrogens with zero attached hydrogens (tertiary/aromatic N) is 2. The molecule has 0 spiro atoms. The molecule has 166 valence electrons. The monoisotopic (exact) mass is 481 g/mol. The van der Waals surface area contributed by atoms with E-state index in [1.54, 1.807) is 4.90 Å². The summed E-state index contributed by atoms with van der Waals surface area (Å²) in [5.41, 5.74) is 1.40. The van der Waals surface area contributed by atoms with Crippen molar-refractivity contribution in [3.8, 4) is 0 Å². The molecule has 0 unspecified atom stereocenters. The number of halogens is 2. The van der Waals surface area contributed by atoms with Gasteiger partial charge in [0, 0.05) is 38.8 Å². The summed E-state index contributed by atoms with van der Waals surface area (Å²) in [4.78, 5) is 17.2. The quantitative estimate of drug-likeness (QED) is 0.681. The molecule has 2 fully saturated rings. The van der Waals surface area contributed by atoms with Crippen molar-refractivity contribution in [2.45, 2.75) is 36.7 Å². The van der Waals surface area contributed by atoms with Crippen molar-refractivity contribution >= 4 is 39.1 Å². The third-order valence-electron chi connectivity index (χ3n) is 5.57. The predicted molar refractivity (Wildman–Crippen MR) is 122 cm³/mol. The average molecular weight is 482 g/mol. The molecule has 1 N–H and O–H groups in total. The van der Waals surface area contributed by atoms with Gasteiger partial charge in [-0.3, -0.25) is 9.69 Å². The Labute approximate surface area is 193 Å². The molecule has 1 amide bonds. The van der Waals surface area contributed by atoms with E-state index in [1.807, 2.05) is 18.2 Å². The third-order valence-corrected chi connectivity index (χ3v) is 7.86. The molecule has 2 aliphatic rings. The Morgan fingerprint density at radius 2 is 1.74 bits per heavy atom. The van der Waals surface area contributed by atoms with Gasteiger partial charge >= 0.3 is 0 Å². The Balaban J connectivity index is 1.49. The number of amides is 1. The molecule has 2 aromatic carbocycles. The van der Waals surface area contributed by atoms with Gasteiger partial charge in [0.2, 0.25) is 10.0 Å². The van der Waals surface area contributed by atoms with Crippen molar-refractivity contribution in [3.05, 3.63) is 63.6 Å². The number of rotatable bonds is 6. The Hall–Kier alpha value is -1.64. The summed E-state index contributed by atoms with van der Waals surface area (Å²) in [6.45, 7) is 3.59. The first-order valence-corrected chi connectivity index (χ1v) is 12.6. The largest absolute Gasteiger partial charge is 0.337 e. The van der Waals surface area contributed by atoms with Gasteiger partial charge < -0.3 is 4.90 Å². The van der Waals surface area contributed by atoms with E-state index in [0.29, 0.717) is 13.1 Å². The van der Waals surface area contributed by atoms with Gasteiger partial charge in [-0.2, -0.15) is 0 Å². The van der Waals surface area contributed by atoms with E-state index in [1.165, 1.54) is 17.7 Å². The highest BCUT2D eigenvalue weighted by Crippen LogP contribution is 2.31. The van der Waals surface area contributed by atoms with Crippen LogP contribution in [0.25, 0.3) is 0 Å². The van der Waals surface area contributed by atoms with E-state index in [9.17, 15) is 13.2 Å². The van der Waals surface area contributed by atoms with Crippen LogP contribution in [0, 0.1) is 0 Å². The number of nitrogens with one attached hydrogen (secondary N) is 1. The summed E-state index contributed by atoms with van der Waals surface area (Å²) in [6, 6.07) is 12.8. The maximum Gasteiger partial charge on any atom is 0.255 e. The number of hydrogen-bond acceptors (Lipinski definition) is 4. The summed E-state index contributed by atoms with van der Waals surface area (Å²) in [5, 5.41) is 0.172. The minimum Gasteiger partial charge on any atom is -0.337 e. The van der Waals surface area contributed by atoms with Gasteiger partial charge in [0.05, 0.1) is 15.6 Å². The van der Waals surface area contributed by atoms with Crippen LogP contribution in [0.5, 0.6) is 0 Å². The summed E-state index contributed by atoms with van der Waals surface area (Å²) in [7, 11) is -3.80. The predicted octanol–water partition coefficient (Wildman–Crippen LogP) is 3.78. The number of hydrogen-bond donors (Lipinski definition) is 1. The lowest BCUT2D eigenvalue weighted by atomic mass is 10.2. The normalized spacial score (nSPS) is 18.1. The fourth-order valence-corrected chi connectivity index (χ4v) is 5.89. The molecule has 1 saturated carbocycles. The highest BCUT2D eigenvalue weighted by atomic mass is 35.5. The van der Waals surface area contributed by atoms with Gasteiger partial charge in [0.25, 0.3) is 5.91 Å². The van der Waals surface area contributed by atoms with E-state index in [4.69, 9.17) is 23.2 Å². The fraction of sp³-hybridized carbons (Fsp3) is 0.409. The van der Waals surface area contributed by atoms with Crippen molar-refractivity contribution in [1.29, 1.82) is 0 Å². The topological polar surface area (TPSA) is 69.7 Å². The molecular formula is C22H25Cl2N3O3S. The molecule has 1 saturated heterocycles. The van der Waals surface area contributed by atoms with Crippen molar-refractivity contribution in [3.63, 3.8) is 0 Å². The number of carbonyl (C=O) groups is 1. The van der Waals surface area contributed by atoms with Crippen LogP contribution in [0.2, 0.25) is 10.0 Å². The molecule has 1 heterocycles. The van der Waals surface area contributed by atoms with Crippen molar-refractivity contribution in [2.24, 2.45) is 0 Å². The van der Waals surface area contributed by atoms with Crippen LogP contribution in [0.1, 0.15) is 35.2 Å². The maximum absolute atomic E-state index is 13.2. The van der Waals surface area contributed by atoms with Crippen molar-refractivity contribution < 1.29 is 13.2 Å². The standard InChI is InChI=1S/C22H25Cl2N3O3S/c23-19-14-20(24)21(31(29,30)25-17-7-8-17)13-18(19)22(28)27-10-4-9-26(11-12-27)15-16-5-2-1-3-6-16/h1-3,5-6,13-14,17,25H,4,7-12,15H2. The molecule has 31 heavy (non-hydrogen) atoms. The second kappa shape index (κ2) is 9.46. The number of sulfonamides is 1. The Bertz CT molecular complexity index is 1060. The summed E-state index contributed by atoms with van der Waals surface area (Å²) >= 11 is 12.5. The molecular weight excluding hydrogens is 457 g/mol. The zero-order valence-electron chi connectivity index (χ0n) is 17.1. The minimum atomic E-state index is -3.80. The zero-order chi connectivity index (χ0) is 22.0. The Morgan fingerprint density at radius 1 is 1.00 bits per heavy atom. The third kappa shape index (κ3) is 5.59. The van der Waals surface area contributed by atoms with Gasteiger partial charge in [-0.1, -0.05) is 53.5 Å². The molecule has 0 atom stereocenters. The van der Waals surface area contributed by atoms with Crippen LogP contribution in [0.3, 0.4) is 0 Å². The average Bonchev–Trinajstić information content (AvgIpc) is 3.55. The van der Waals surface area contributed by atoms with E-state index in [-0.39, 0.29) is 32.5 Å². The van der Waals surface area contributed by atoms with Crippen LogP contribution in [-0.2, 0) is 16.6 Å². The molecule has 2 aromatic rings. The molecule has 1 aliphatic heterocycles. The second-order valence-corrected chi connectivity index (χ2v) is 10.6. The molecule has 0 radical (unpaired) electrons. The van der Waals surface area contributed by atoms with Crippen LogP contribution >= 0.6 is 23.2 Å². The van der Waals surface area contributed by atoms with Crippen LogP contribution < -0.4 is 4.72 Å². The van der Waals surface area contributed by atoms with E-state index >= 15 is 0 Å². The van der Waals surface area contributed by atoms with Gasteiger partial charge in [0.15, 0.2) is 0 Å². The maximum atomic E-state index is 13.2. The zero-order valence-corrected chi connectivity index (χ0v) is 19.4. The number of benzene rings is 2. The minimum absolute atomic E-state index is 0.0135. The molecule has 9 heteroatoms. The number of carbonyl (C=O) groups excluding carboxylic acids is 1. The van der Waals surface area contributed by atoms with Crippen LogP contribution in [-0.4, -0.2) is 56.3 Å². The molecule has 4 rings (SSSR count). The van der Waals surface area contributed by atoms with E-state index < -0.39 is 10.0 Å². The first-order valence-electron chi connectivity index (χ1n) is 10.4. The smallest absolute Gasteiger partial charge is 0.255 e. The lowest BCUT2D eigenvalue weighted by molar-refractivity contribution is 0.0761. The van der Waals surface area contributed by atoms with E-state index in [0.717, 1.165) is 38.9 Å². The van der Waals surface area contributed by atoms with Crippen molar-refractivity contribution in [1.82, 2.24) is 14.5 Å². The lowest BCUT2D eigenvalue weighted by Crippen LogP contribution is -2.35. The van der Waals surface area contributed by atoms with Crippen LogP contribution in [0.15, 0.2) is 47.4 Å². The van der Waals surface area contributed by atoms with Gasteiger partial charge in [0.1, 0.15) is 4.90 Å². The Kier molecular flexibility index (Phi) is 6.89.